The summed E-state index contributed by atoms with van der Waals surface area (Å²) in [5.74, 6) is 0. The molecule has 2 aromatic rings. The largest absolute Gasteiger partial charge is 0.316 e. The third kappa shape index (κ3) is 3.35. The standard InChI is InChI=1S/C16H27N5/c1-7-21-15(8-11(2)18-21)9-14(17-5)10-16-12(3)19-20(6)13(16)4/h8,14,17H,7,9-10H2,1-6H3. The van der Waals surface area contributed by atoms with E-state index in [2.05, 4.69) is 54.0 Å². The van der Waals surface area contributed by atoms with Crippen LogP contribution in [0.4, 0.5) is 0 Å². The first kappa shape index (κ1) is 15.8. The SMILES string of the molecule is CCn1nc(C)cc1CC(Cc1c(C)nn(C)c1C)NC. The van der Waals surface area contributed by atoms with E-state index in [1.807, 2.05) is 18.8 Å². The van der Waals surface area contributed by atoms with Crippen molar-refractivity contribution in [2.24, 2.45) is 7.05 Å². The third-order valence-corrected chi connectivity index (χ3v) is 4.26. The van der Waals surface area contributed by atoms with Gasteiger partial charge in [0.15, 0.2) is 0 Å². The van der Waals surface area contributed by atoms with Gasteiger partial charge in [0, 0.05) is 37.4 Å². The summed E-state index contributed by atoms with van der Waals surface area (Å²) < 4.78 is 4.07. The molecule has 21 heavy (non-hydrogen) atoms. The van der Waals surface area contributed by atoms with Gasteiger partial charge < -0.3 is 5.32 Å². The molecule has 0 radical (unpaired) electrons. The molecule has 2 rings (SSSR count). The second kappa shape index (κ2) is 6.43. The second-order valence-electron chi connectivity index (χ2n) is 5.76. The lowest BCUT2D eigenvalue weighted by Gasteiger charge is -2.17. The molecule has 0 saturated carbocycles. The van der Waals surface area contributed by atoms with Crippen LogP contribution in [-0.4, -0.2) is 32.7 Å². The molecule has 1 N–H and O–H groups in total. The van der Waals surface area contributed by atoms with Crippen molar-refractivity contribution in [1.82, 2.24) is 24.9 Å². The Labute approximate surface area is 127 Å². The van der Waals surface area contributed by atoms with Crippen LogP contribution in [0.3, 0.4) is 0 Å². The number of aromatic nitrogens is 4. The van der Waals surface area contributed by atoms with E-state index < -0.39 is 0 Å². The minimum absolute atomic E-state index is 0.396. The Morgan fingerprint density at radius 1 is 1.19 bits per heavy atom. The van der Waals surface area contributed by atoms with Crippen molar-refractivity contribution < 1.29 is 0 Å². The number of likely N-dealkylation sites (N-methyl/N-ethyl adjacent to an activating group) is 1. The fourth-order valence-electron chi connectivity index (χ4n) is 2.93. The van der Waals surface area contributed by atoms with Gasteiger partial charge in [0.05, 0.1) is 11.4 Å². The Balaban J connectivity index is 2.16. The molecule has 5 heteroatoms. The topological polar surface area (TPSA) is 47.7 Å². The molecule has 0 aliphatic heterocycles. The highest BCUT2D eigenvalue weighted by atomic mass is 15.3. The van der Waals surface area contributed by atoms with E-state index in [0.717, 1.165) is 30.8 Å². The van der Waals surface area contributed by atoms with Crippen LogP contribution in [0.2, 0.25) is 0 Å². The fraction of sp³-hybridized carbons (Fsp3) is 0.625. The summed E-state index contributed by atoms with van der Waals surface area (Å²) in [4.78, 5) is 0. The first-order valence-corrected chi connectivity index (χ1v) is 7.65. The Morgan fingerprint density at radius 3 is 2.43 bits per heavy atom. The molecule has 2 heterocycles. The van der Waals surface area contributed by atoms with Crippen molar-refractivity contribution in [1.29, 1.82) is 0 Å². The maximum atomic E-state index is 4.54. The van der Waals surface area contributed by atoms with Crippen LogP contribution in [0.1, 0.15) is 35.3 Å². The van der Waals surface area contributed by atoms with E-state index in [9.17, 15) is 0 Å². The molecule has 0 fully saturated rings. The maximum Gasteiger partial charge on any atom is 0.0628 e. The Hall–Kier alpha value is -1.62. The van der Waals surface area contributed by atoms with Crippen molar-refractivity contribution in [2.75, 3.05) is 7.05 Å². The number of nitrogens with zero attached hydrogens (tertiary/aromatic N) is 4. The Kier molecular flexibility index (Phi) is 4.83. The monoisotopic (exact) mass is 289 g/mol. The van der Waals surface area contributed by atoms with Crippen LogP contribution in [0.5, 0.6) is 0 Å². The van der Waals surface area contributed by atoms with Crippen molar-refractivity contribution in [2.45, 2.75) is 53.1 Å². The number of rotatable bonds is 6. The van der Waals surface area contributed by atoms with Crippen LogP contribution in [0.15, 0.2) is 6.07 Å². The minimum Gasteiger partial charge on any atom is -0.316 e. The predicted octanol–water partition coefficient (Wildman–Crippen LogP) is 1.93. The highest BCUT2D eigenvalue weighted by Gasteiger charge is 2.17. The number of hydrogen-bond acceptors (Lipinski definition) is 3. The molecule has 0 aliphatic rings. The maximum absolute atomic E-state index is 4.54. The zero-order chi connectivity index (χ0) is 15.6. The van der Waals surface area contributed by atoms with Gasteiger partial charge in [0.1, 0.15) is 0 Å². The summed E-state index contributed by atoms with van der Waals surface area (Å²) in [7, 11) is 4.04. The van der Waals surface area contributed by atoms with Gasteiger partial charge in [-0.15, -0.1) is 0 Å². The molecule has 1 unspecified atom stereocenters. The third-order valence-electron chi connectivity index (χ3n) is 4.26. The molecular formula is C16H27N5. The lowest BCUT2D eigenvalue weighted by molar-refractivity contribution is 0.518. The molecule has 0 spiro atoms. The van der Waals surface area contributed by atoms with E-state index in [1.54, 1.807) is 0 Å². The zero-order valence-electron chi connectivity index (χ0n) is 14.1. The van der Waals surface area contributed by atoms with Crippen LogP contribution in [0.25, 0.3) is 0 Å². The molecule has 0 bridgehead atoms. The molecule has 116 valence electrons. The summed E-state index contributed by atoms with van der Waals surface area (Å²) in [5, 5.41) is 12.5. The molecule has 0 amide bonds. The average molecular weight is 289 g/mol. The normalized spacial score (nSPS) is 12.9. The van der Waals surface area contributed by atoms with Crippen LogP contribution < -0.4 is 5.32 Å². The summed E-state index contributed by atoms with van der Waals surface area (Å²) in [6.45, 7) is 9.35. The van der Waals surface area contributed by atoms with E-state index in [4.69, 9.17) is 0 Å². The van der Waals surface area contributed by atoms with E-state index in [1.165, 1.54) is 17.0 Å². The van der Waals surface area contributed by atoms with Crippen molar-refractivity contribution >= 4 is 0 Å². The van der Waals surface area contributed by atoms with Crippen molar-refractivity contribution in [3.05, 3.63) is 34.4 Å². The lowest BCUT2D eigenvalue weighted by Crippen LogP contribution is -2.31. The van der Waals surface area contributed by atoms with Crippen molar-refractivity contribution in [3.8, 4) is 0 Å². The predicted molar refractivity (Wildman–Crippen MR) is 85.6 cm³/mol. The molecule has 2 aromatic heterocycles. The second-order valence-corrected chi connectivity index (χ2v) is 5.76. The van der Waals surface area contributed by atoms with Crippen LogP contribution >= 0.6 is 0 Å². The summed E-state index contributed by atoms with van der Waals surface area (Å²) in [5.41, 5.74) is 6.14. The first-order chi connectivity index (χ1) is 9.96. The van der Waals surface area contributed by atoms with Gasteiger partial charge in [-0.1, -0.05) is 0 Å². The lowest BCUT2D eigenvalue weighted by atomic mass is 10.00. The molecule has 0 aromatic carbocycles. The molecule has 1 atom stereocenters. The highest BCUT2D eigenvalue weighted by Crippen LogP contribution is 2.16. The van der Waals surface area contributed by atoms with Gasteiger partial charge in [-0.25, -0.2) is 0 Å². The number of hydrogen-bond donors (Lipinski definition) is 1. The van der Waals surface area contributed by atoms with E-state index in [-0.39, 0.29) is 0 Å². The smallest absolute Gasteiger partial charge is 0.0628 e. The van der Waals surface area contributed by atoms with E-state index in [0.29, 0.717) is 6.04 Å². The zero-order valence-corrected chi connectivity index (χ0v) is 14.1. The number of nitrogens with one attached hydrogen (secondary N) is 1. The quantitative estimate of drug-likeness (QED) is 0.884. The van der Waals surface area contributed by atoms with Gasteiger partial charge >= 0.3 is 0 Å². The summed E-state index contributed by atoms with van der Waals surface area (Å²) in [6.07, 6.45) is 1.98. The molecule has 5 nitrogen and oxygen atoms in total. The molecular weight excluding hydrogens is 262 g/mol. The summed E-state index contributed by atoms with van der Waals surface area (Å²) in [6, 6.07) is 2.59. The van der Waals surface area contributed by atoms with Crippen molar-refractivity contribution in [3.63, 3.8) is 0 Å². The first-order valence-electron chi connectivity index (χ1n) is 7.65. The Bertz CT molecular complexity index is 608. The fourth-order valence-corrected chi connectivity index (χ4v) is 2.93. The van der Waals surface area contributed by atoms with Gasteiger partial charge in [-0.05, 0) is 52.8 Å². The average Bonchev–Trinajstić information content (AvgIpc) is 2.92. The van der Waals surface area contributed by atoms with Gasteiger partial charge in [-0.2, -0.15) is 10.2 Å². The van der Waals surface area contributed by atoms with Crippen LogP contribution in [-0.2, 0) is 26.4 Å². The molecule has 0 saturated heterocycles. The number of aryl methyl sites for hydroxylation is 4. The van der Waals surface area contributed by atoms with Gasteiger partial charge in [0.2, 0.25) is 0 Å². The van der Waals surface area contributed by atoms with E-state index >= 15 is 0 Å². The highest BCUT2D eigenvalue weighted by molar-refractivity contribution is 5.26. The van der Waals surface area contributed by atoms with Gasteiger partial charge in [-0.3, -0.25) is 9.36 Å². The van der Waals surface area contributed by atoms with Crippen LogP contribution in [0, 0.1) is 20.8 Å². The Morgan fingerprint density at radius 2 is 1.90 bits per heavy atom. The summed E-state index contributed by atoms with van der Waals surface area (Å²) >= 11 is 0. The minimum atomic E-state index is 0.396. The van der Waals surface area contributed by atoms with Gasteiger partial charge in [0.25, 0.3) is 0 Å². The molecule has 0 aliphatic carbocycles.